The fourth-order valence-electron chi connectivity index (χ4n) is 2.79. The van der Waals surface area contributed by atoms with E-state index in [2.05, 4.69) is 22.9 Å². The molecule has 0 amide bonds. The van der Waals surface area contributed by atoms with Crippen LogP contribution in [0.4, 0.5) is 4.39 Å². The highest BCUT2D eigenvalue weighted by Gasteiger charge is 2.30. The zero-order chi connectivity index (χ0) is 12.4. The van der Waals surface area contributed by atoms with Gasteiger partial charge in [0.1, 0.15) is 5.82 Å². The molecule has 1 aromatic rings. The molecule has 1 fully saturated rings. The largest absolute Gasteiger partial charge is 0.207 e. The smallest absolute Gasteiger partial charge is 0.127 e. The first kappa shape index (κ1) is 13.4. The fraction of sp³-hybridized carbons (Fsp3) is 0.571. The van der Waals surface area contributed by atoms with E-state index >= 15 is 0 Å². The first-order valence-corrected chi connectivity index (χ1v) is 7.46. The number of alkyl halides is 1. The van der Waals surface area contributed by atoms with Crippen molar-refractivity contribution in [2.45, 2.75) is 37.4 Å². The molecule has 0 aliphatic heterocycles. The standard InChI is InChI=1S/C14H17BrClF/c1-9-4-2-5-10(9)12(15)8-11-13(16)6-3-7-14(11)17/h3,6-7,9-10,12H,2,4-5,8H2,1H3. The van der Waals surface area contributed by atoms with Gasteiger partial charge in [0.05, 0.1) is 0 Å². The number of hydrogen-bond donors (Lipinski definition) is 0. The predicted molar refractivity (Wildman–Crippen MR) is 74.3 cm³/mol. The Hall–Kier alpha value is -0.0800. The lowest BCUT2D eigenvalue weighted by Gasteiger charge is -2.22. The van der Waals surface area contributed by atoms with Crippen molar-refractivity contribution < 1.29 is 4.39 Å². The van der Waals surface area contributed by atoms with Crippen molar-refractivity contribution in [3.8, 4) is 0 Å². The molecule has 3 heteroatoms. The van der Waals surface area contributed by atoms with Crippen LogP contribution in [0.5, 0.6) is 0 Å². The highest BCUT2D eigenvalue weighted by atomic mass is 79.9. The summed E-state index contributed by atoms with van der Waals surface area (Å²) >= 11 is 9.78. The van der Waals surface area contributed by atoms with Crippen LogP contribution in [0.3, 0.4) is 0 Å². The van der Waals surface area contributed by atoms with Gasteiger partial charge in [-0.3, -0.25) is 0 Å². The summed E-state index contributed by atoms with van der Waals surface area (Å²) in [5, 5.41) is 0.542. The van der Waals surface area contributed by atoms with Crippen molar-refractivity contribution in [3.63, 3.8) is 0 Å². The third-order valence-corrected chi connectivity index (χ3v) is 5.21. The normalized spacial score (nSPS) is 26.1. The van der Waals surface area contributed by atoms with Gasteiger partial charge in [0.25, 0.3) is 0 Å². The Kier molecular flexibility index (Phi) is 4.48. The summed E-state index contributed by atoms with van der Waals surface area (Å²) in [6.07, 6.45) is 4.50. The summed E-state index contributed by atoms with van der Waals surface area (Å²) in [5.41, 5.74) is 0.648. The van der Waals surface area contributed by atoms with E-state index in [1.54, 1.807) is 12.1 Å². The molecule has 3 atom stereocenters. The Morgan fingerprint density at radius 1 is 1.47 bits per heavy atom. The average molecular weight is 320 g/mol. The van der Waals surface area contributed by atoms with Crippen molar-refractivity contribution >= 4 is 27.5 Å². The van der Waals surface area contributed by atoms with Gasteiger partial charge in [-0.05, 0) is 36.8 Å². The molecule has 0 radical (unpaired) electrons. The Balaban J connectivity index is 2.10. The maximum absolute atomic E-state index is 13.7. The highest BCUT2D eigenvalue weighted by molar-refractivity contribution is 9.09. The van der Waals surface area contributed by atoms with Gasteiger partial charge in [-0.1, -0.05) is 53.4 Å². The number of halogens is 3. The Morgan fingerprint density at radius 2 is 2.24 bits per heavy atom. The first-order chi connectivity index (χ1) is 8.09. The predicted octanol–water partition coefficient (Wildman–Crippen LogP) is 5.22. The average Bonchev–Trinajstić information content (AvgIpc) is 2.70. The van der Waals surface area contributed by atoms with Crippen LogP contribution in [0.15, 0.2) is 18.2 Å². The zero-order valence-electron chi connectivity index (χ0n) is 9.93. The summed E-state index contributed by atoms with van der Waals surface area (Å²) in [5.74, 6) is 1.18. The zero-order valence-corrected chi connectivity index (χ0v) is 12.3. The van der Waals surface area contributed by atoms with Crippen LogP contribution in [0.2, 0.25) is 5.02 Å². The van der Waals surface area contributed by atoms with E-state index in [4.69, 9.17) is 11.6 Å². The minimum Gasteiger partial charge on any atom is -0.207 e. The molecule has 1 saturated carbocycles. The van der Waals surface area contributed by atoms with Gasteiger partial charge >= 0.3 is 0 Å². The third kappa shape index (κ3) is 3.03. The maximum atomic E-state index is 13.7. The molecule has 17 heavy (non-hydrogen) atoms. The molecule has 1 aliphatic carbocycles. The maximum Gasteiger partial charge on any atom is 0.127 e. The summed E-state index contributed by atoms with van der Waals surface area (Å²) in [4.78, 5) is 0.328. The van der Waals surface area contributed by atoms with E-state index < -0.39 is 0 Å². The van der Waals surface area contributed by atoms with Crippen molar-refractivity contribution in [1.29, 1.82) is 0 Å². The monoisotopic (exact) mass is 318 g/mol. The molecule has 1 aliphatic rings. The van der Waals surface area contributed by atoms with Gasteiger partial charge in [-0.25, -0.2) is 4.39 Å². The molecule has 1 aromatic carbocycles. The number of hydrogen-bond acceptors (Lipinski definition) is 0. The molecule has 0 bridgehead atoms. The molecule has 0 saturated heterocycles. The molecule has 0 N–H and O–H groups in total. The summed E-state index contributed by atoms with van der Waals surface area (Å²) in [6.45, 7) is 2.29. The summed E-state index contributed by atoms with van der Waals surface area (Å²) < 4.78 is 13.7. The van der Waals surface area contributed by atoms with Gasteiger partial charge in [-0.2, -0.15) is 0 Å². The Morgan fingerprint density at radius 3 is 2.82 bits per heavy atom. The van der Waals surface area contributed by atoms with Gasteiger partial charge in [0, 0.05) is 15.4 Å². The molecule has 0 nitrogen and oxygen atoms in total. The lowest BCUT2D eigenvalue weighted by molar-refractivity contribution is 0.405. The van der Waals surface area contributed by atoms with Crippen LogP contribution in [-0.2, 0) is 6.42 Å². The van der Waals surface area contributed by atoms with E-state index in [0.29, 0.717) is 27.8 Å². The lowest BCUT2D eigenvalue weighted by atomic mass is 9.91. The van der Waals surface area contributed by atoms with Crippen LogP contribution >= 0.6 is 27.5 Å². The van der Waals surface area contributed by atoms with Crippen molar-refractivity contribution in [1.82, 2.24) is 0 Å². The van der Waals surface area contributed by atoms with Crippen LogP contribution < -0.4 is 0 Å². The van der Waals surface area contributed by atoms with E-state index in [-0.39, 0.29) is 5.82 Å². The SMILES string of the molecule is CC1CCCC1C(Br)Cc1c(F)cccc1Cl. The van der Waals surface area contributed by atoms with Crippen molar-refractivity contribution in [2.75, 3.05) is 0 Å². The Labute approximate surface area is 116 Å². The summed E-state index contributed by atoms with van der Waals surface area (Å²) in [7, 11) is 0. The molecular weight excluding hydrogens is 303 g/mol. The van der Waals surface area contributed by atoms with Crippen molar-refractivity contribution in [3.05, 3.63) is 34.6 Å². The molecule has 2 rings (SSSR count). The quantitative estimate of drug-likeness (QED) is 0.670. The number of benzene rings is 1. The van der Waals surface area contributed by atoms with Gasteiger partial charge in [-0.15, -0.1) is 0 Å². The van der Waals surface area contributed by atoms with Crippen LogP contribution in [0.25, 0.3) is 0 Å². The minimum absolute atomic E-state index is 0.187. The van der Waals surface area contributed by atoms with E-state index in [1.165, 1.54) is 25.3 Å². The van der Waals surface area contributed by atoms with Gasteiger partial charge in [0.15, 0.2) is 0 Å². The van der Waals surface area contributed by atoms with Crippen LogP contribution in [-0.4, -0.2) is 4.83 Å². The van der Waals surface area contributed by atoms with E-state index in [1.807, 2.05) is 0 Å². The molecule has 0 aromatic heterocycles. The van der Waals surface area contributed by atoms with Crippen molar-refractivity contribution in [2.24, 2.45) is 11.8 Å². The second kappa shape index (κ2) is 5.71. The molecule has 94 valence electrons. The first-order valence-electron chi connectivity index (χ1n) is 6.16. The highest BCUT2D eigenvalue weighted by Crippen LogP contribution is 2.38. The van der Waals surface area contributed by atoms with E-state index in [9.17, 15) is 4.39 Å². The second-order valence-electron chi connectivity index (χ2n) is 4.99. The Bertz CT molecular complexity index is 374. The minimum atomic E-state index is -0.187. The van der Waals surface area contributed by atoms with Crippen LogP contribution in [0.1, 0.15) is 31.7 Å². The number of rotatable bonds is 3. The van der Waals surface area contributed by atoms with Gasteiger partial charge in [0.2, 0.25) is 0 Å². The third-order valence-electron chi connectivity index (χ3n) is 3.85. The lowest BCUT2D eigenvalue weighted by Crippen LogP contribution is -2.20. The fourth-order valence-corrected chi connectivity index (χ4v) is 4.13. The molecular formula is C14H17BrClF. The second-order valence-corrected chi connectivity index (χ2v) is 6.58. The van der Waals surface area contributed by atoms with Gasteiger partial charge < -0.3 is 0 Å². The molecule has 0 spiro atoms. The topological polar surface area (TPSA) is 0 Å². The molecule has 0 heterocycles. The molecule has 3 unspecified atom stereocenters. The van der Waals surface area contributed by atoms with Crippen LogP contribution in [0, 0.1) is 17.7 Å². The van der Waals surface area contributed by atoms with E-state index in [0.717, 1.165) is 5.92 Å². The summed E-state index contributed by atoms with van der Waals surface area (Å²) in [6, 6.07) is 4.90.